The van der Waals surface area contributed by atoms with E-state index in [1.807, 2.05) is 12.1 Å². The third-order valence-electron chi connectivity index (χ3n) is 3.46. The molecular weight excluding hydrogens is 377 g/mol. The Hall–Kier alpha value is -0.980. The Morgan fingerprint density at radius 1 is 1.24 bits per heavy atom. The van der Waals surface area contributed by atoms with Gasteiger partial charge in [0.15, 0.2) is 5.96 Å². The summed E-state index contributed by atoms with van der Waals surface area (Å²) in [5, 5.41) is 6.68. The van der Waals surface area contributed by atoms with Gasteiger partial charge in [0.05, 0.1) is 13.7 Å². The minimum Gasteiger partial charge on any atom is -0.497 e. The molecule has 4 nitrogen and oxygen atoms in total. The molecule has 21 heavy (non-hydrogen) atoms. The molecule has 0 spiro atoms. The van der Waals surface area contributed by atoms with Crippen molar-refractivity contribution in [1.29, 1.82) is 0 Å². The van der Waals surface area contributed by atoms with Gasteiger partial charge < -0.3 is 15.4 Å². The number of aliphatic imine (C=N–C) groups is 1. The lowest BCUT2D eigenvalue weighted by atomic mass is 10.2. The first-order valence-electron chi connectivity index (χ1n) is 7.47. The lowest BCUT2D eigenvalue weighted by Gasteiger charge is -2.11. The molecule has 118 valence electrons. The van der Waals surface area contributed by atoms with Crippen molar-refractivity contribution in [1.82, 2.24) is 10.6 Å². The van der Waals surface area contributed by atoms with Crippen LogP contribution in [0.3, 0.4) is 0 Å². The van der Waals surface area contributed by atoms with Crippen molar-refractivity contribution in [2.24, 2.45) is 10.9 Å². The lowest BCUT2D eigenvalue weighted by molar-refractivity contribution is 0.414. The second-order valence-electron chi connectivity index (χ2n) is 5.20. The van der Waals surface area contributed by atoms with Crippen LogP contribution in [-0.2, 0) is 6.54 Å². The summed E-state index contributed by atoms with van der Waals surface area (Å²) in [5.41, 5.74) is 1.19. The molecule has 1 aromatic carbocycles. The van der Waals surface area contributed by atoms with E-state index in [9.17, 15) is 0 Å². The smallest absolute Gasteiger partial charge is 0.191 e. The molecule has 1 fully saturated rings. The number of guanidine groups is 1. The van der Waals surface area contributed by atoms with E-state index in [1.165, 1.54) is 24.8 Å². The number of ether oxygens (including phenoxy) is 1. The minimum absolute atomic E-state index is 0. The molecule has 2 N–H and O–H groups in total. The van der Waals surface area contributed by atoms with Crippen molar-refractivity contribution >= 4 is 29.9 Å². The van der Waals surface area contributed by atoms with Gasteiger partial charge in [-0.25, -0.2) is 4.99 Å². The average molecular weight is 403 g/mol. The number of nitrogens with zero attached hydrogens (tertiary/aromatic N) is 1. The second-order valence-corrected chi connectivity index (χ2v) is 5.20. The van der Waals surface area contributed by atoms with Crippen molar-refractivity contribution in [3.8, 4) is 5.75 Å². The number of hydrogen-bond donors (Lipinski definition) is 2. The number of methoxy groups -OCH3 is 1. The molecule has 0 atom stereocenters. The largest absolute Gasteiger partial charge is 0.497 e. The molecule has 0 radical (unpaired) electrons. The summed E-state index contributed by atoms with van der Waals surface area (Å²) in [4.78, 5) is 4.61. The van der Waals surface area contributed by atoms with Gasteiger partial charge in [0.2, 0.25) is 0 Å². The van der Waals surface area contributed by atoms with Crippen LogP contribution in [0.5, 0.6) is 5.75 Å². The fourth-order valence-electron chi connectivity index (χ4n) is 2.04. The summed E-state index contributed by atoms with van der Waals surface area (Å²) in [5.74, 6) is 2.74. The van der Waals surface area contributed by atoms with Crippen molar-refractivity contribution in [2.75, 3.05) is 20.2 Å². The summed E-state index contributed by atoms with van der Waals surface area (Å²) in [6, 6.07) is 8.04. The van der Waals surface area contributed by atoms with Crippen LogP contribution in [0, 0.1) is 5.92 Å². The fraction of sp³-hybridized carbons (Fsp3) is 0.562. The molecular formula is C16H26IN3O. The zero-order valence-electron chi connectivity index (χ0n) is 12.9. The predicted octanol–water partition coefficient (Wildman–Crippen LogP) is 3.17. The molecule has 5 heteroatoms. The topological polar surface area (TPSA) is 45.7 Å². The Bertz CT molecular complexity index is 430. The van der Waals surface area contributed by atoms with Gasteiger partial charge in [-0.15, -0.1) is 24.0 Å². The van der Waals surface area contributed by atoms with E-state index in [2.05, 4.69) is 34.7 Å². The van der Waals surface area contributed by atoms with Gasteiger partial charge >= 0.3 is 0 Å². The first-order valence-corrected chi connectivity index (χ1v) is 7.47. The summed E-state index contributed by atoms with van der Waals surface area (Å²) >= 11 is 0. The third kappa shape index (κ3) is 7.02. The molecule has 1 aliphatic rings. The Labute approximate surface area is 144 Å². The van der Waals surface area contributed by atoms with Gasteiger partial charge in [-0.3, -0.25) is 0 Å². The van der Waals surface area contributed by atoms with Gasteiger partial charge in [-0.1, -0.05) is 25.0 Å². The Kier molecular flexibility index (Phi) is 8.49. The van der Waals surface area contributed by atoms with Crippen LogP contribution in [0.2, 0.25) is 0 Å². The molecule has 1 aromatic rings. The van der Waals surface area contributed by atoms with Crippen molar-refractivity contribution in [2.45, 2.75) is 32.7 Å². The first kappa shape index (κ1) is 18.1. The molecule has 1 saturated carbocycles. The SMILES string of the molecule is CCNC(=NCc1ccc(OC)cc1)NCCC1CC1.I. The number of nitrogens with one attached hydrogen (secondary N) is 2. The van der Waals surface area contributed by atoms with Crippen molar-refractivity contribution in [3.05, 3.63) is 29.8 Å². The van der Waals surface area contributed by atoms with Gasteiger partial charge in [-0.2, -0.15) is 0 Å². The maximum atomic E-state index is 5.15. The second kappa shape index (κ2) is 9.87. The summed E-state index contributed by atoms with van der Waals surface area (Å²) in [6.07, 6.45) is 4.06. The first-order chi connectivity index (χ1) is 9.81. The van der Waals surface area contributed by atoms with Crippen molar-refractivity contribution < 1.29 is 4.74 Å². The van der Waals surface area contributed by atoms with E-state index in [1.54, 1.807) is 7.11 Å². The molecule has 0 heterocycles. The Balaban J connectivity index is 0.00000220. The molecule has 1 aliphatic carbocycles. The normalized spacial score (nSPS) is 14.3. The van der Waals surface area contributed by atoms with Gasteiger partial charge in [-0.05, 0) is 37.0 Å². The molecule has 0 bridgehead atoms. The molecule has 0 saturated heterocycles. The highest BCUT2D eigenvalue weighted by molar-refractivity contribution is 14.0. The van der Waals surface area contributed by atoms with E-state index < -0.39 is 0 Å². The molecule has 0 unspecified atom stereocenters. The highest BCUT2D eigenvalue weighted by Gasteiger charge is 2.20. The van der Waals surface area contributed by atoms with E-state index in [4.69, 9.17) is 4.74 Å². The average Bonchev–Trinajstić information content (AvgIpc) is 3.29. The zero-order chi connectivity index (χ0) is 14.2. The van der Waals surface area contributed by atoms with Crippen LogP contribution in [0.25, 0.3) is 0 Å². The lowest BCUT2D eigenvalue weighted by Crippen LogP contribution is -2.37. The Morgan fingerprint density at radius 2 is 1.95 bits per heavy atom. The van der Waals surface area contributed by atoms with E-state index in [-0.39, 0.29) is 24.0 Å². The minimum atomic E-state index is 0. The molecule has 0 aliphatic heterocycles. The number of halogens is 1. The van der Waals surface area contributed by atoms with Gasteiger partial charge in [0.25, 0.3) is 0 Å². The standard InChI is InChI=1S/C16H25N3O.HI/c1-3-17-16(18-11-10-13-4-5-13)19-12-14-6-8-15(20-2)9-7-14;/h6-9,13H,3-5,10-12H2,1-2H3,(H2,17,18,19);1H. The van der Waals surface area contributed by atoms with Crippen LogP contribution < -0.4 is 15.4 Å². The molecule has 2 rings (SSSR count). The quantitative estimate of drug-likeness (QED) is 0.418. The van der Waals surface area contributed by atoms with Crippen LogP contribution >= 0.6 is 24.0 Å². The Morgan fingerprint density at radius 3 is 2.52 bits per heavy atom. The fourth-order valence-corrected chi connectivity index (χ4v) is 2.04. The van der Waals surface area contributed by atoms with E-state index in [0.29, 0.717) is 6.54 Å². The van der Waals surface area contributed by atoms with Gasteiger partial charge in [0.1, 0.15) is 5.75 Å². The van der Waals surface area contributed by atoms with Crippen LogP contribution in [0.1, 0.15) is 31.7 Å². The van der Waals surface area contributed by atoms with E-state index in [0.717, 1.165) is 30.7 Å². The highest BCUT2D eigenvalue weighted by atomic mass is 127. The summed E-state index contributed by atoms with van der Waals surface area (Å²) < 4.78 is 5.15. The maximum absolute atomic E-state index is 5.15. The van der Waals surface area contributed by atoms with Crippen LogP contribution in [0.4, 0.5) is 0 Å². The predicted molar refractivity (Wildman–Crippen MR) is 98.6 cm³/mol. The third-order valence-corrected chi connectivity index (χ3v) is 3.46. The monoisotopic (exact) mass is 403 g/mol. The van der Waals surface area contributed by atoms with E-state index >= 15 is 0 Å². The van der Waals surface area contributed by atoms with Gasteiger partial charge in [0, 0.05) is 13.1 Å². The van der Waals surface area contributed by atoms with Crippen molar-refractivity contribution in [3.63, 3.8) is 0 Å². The maximum Gasteiger partial charge on any atom is 0.191 e. The van der Waals surface area contributed by atoms with Crippen LogP contribution in [-0.4, -0.2) is 26.2 Å². The van der Waals surface area contributed by atoms with Crippen LogP contribution in [0.15, 0.2) is 29.3 Å². The highest BCUT2D eigenvalue weighted by Crippen LogP contribution is 2.31. The number of benzene rings is 1. The molecule has 0 aromatic heterocycles. The molecule has 0 amide bonds. The summed E-state index contributed by atoms with van der Waals surface area (Å²) in [7, 11) is 1.68. The zero-order valence-corrected chi connectivity index (χ0v) is 15.2. The summed E-state index contributed by atoms with van der Waals surface area (Å²) in [6.45, 7) is 4.67. The number of rotatable bonds is 7. The number of hydrogen-bond acceptors (Lipinski definition) is 2.